The SMILES string of the molecule is COC[C@]12CC[C@@](C)(O)C[C@@H]1CC[C@H]1[C@@H]3CC[C@H](C(=O)Cn4ncc5cc(Cl)ccc54)[C@@]3(C)CC[C@@H]12. The summed E-state index contributed by atoms with van der Waals surface area (Å²) in [6.45, 7) is 5.61. The maximum atomic E-state index is 13.8. The van der Waals surface area contributed by atoms with Crippen LogP contribution in [0.15, 0.2) is 24.4 Å². The second-order valence-corrected chi connectivity index (χ2v) is 13.6. The second kappa shape index (κ2) is 8.81. The lowest BCUT2D eigenvalue weighted by atomic mass is 9.43. The lowest BCUT2D eigenvalue weighted by Gasteiger charge is -2.62. The monoisotopic (exact) mass is 512 g/mol. The van der Waals surface area contributed by atoms with E-state index in [1.165, 1.54) is 19.3 Å². The molecule has 8 atom stereocenters. The van der Waals surface area contributed by atoms with Gasteiger partial charge < -0.3 is 9.84 Å². The minimum atomic E-state index is -0.537. The number of nitrogens with zero attached hydrogens (tertiary/aromatic N) is 2. The first-order chi connectivity index (χ1) is 17.2. The van der Waals surface area contributed by atoms with Gasteiger partial charge in [0.1, 0.15) is 6.54 Å². The highest BCUT2D eigenvalue weighted by atomic mass is 35.5. The van der Waals surface area contributed by atoms with E-state index >= 15 is 0 Å². The highest BCUT2D eigenvalue weighted by molar-refractivity contribution is 6.31. The van der Waals surface area contributed by atoms with Crippen molar-refractivity contribution in [1.29, 1.82) is 0 Å². The predicted molar refractivity (Wildman–Crippen MR) is 142 cm³/mol. The van der Waals surface area contributed by atoms with Gasteiger partial charge in [-0.15, -0.1) is 0 Å². The molecule has 0 amide bonds. The summed E-state index contributed by atoms with van der Waals surface area (Å²) in [5.41, 5.74) is 0.707. The summed E-state index contributed by atoms with van der Waals surface area (Å²) in [4.78, 5) is 13.8. The number of methoxy groups -OCH3 is 1. The number of aromatic nitrogens is 2. The number of fused-ring (bicyclic) bond motifs is 6. The van der Waals surface area contributed by atoms with Crippen molar-refractivity contribution in [3.63, 3.8) is 0 Å². The first kappa shape index (κ1) is 24.9. The maximum absolute atomic E-state index is 13.8. The van der Waals surface area contributed by atoms with Crippen LogP contribution in [0.2, 0.25) is 5.02 Å². The predicted octanol–water partition coefficient (Wildman–Crippen LogP) is 6.30. The van der Waals surface area contributed by atoms with Crippen molar-refractivity contribution in [3.8, 4) is 0 Å². The van der Waals surface area contributed by atoms with Gasteiger partial charge in [-0.3, -0.25) is 9.48 Å². The molecule has 4 aliphatic rings. The molecule has 0 bridgehead atoms. The van der Waals surface area contributed by atoms with Crippen molar-refractivity contribution < 1.29 is 14.6 Å². The Morgan fingerprint density at radius 3 is 2.78 bits per heavy atom. The van der Waals surface area contributed by atoms with Gasteiger partial charge in [-0.2, -0.15) is 5.10 Å². The molecule has 4 aliphatic carbocycles. The number of halogens is 1. The third-order valence-corrected chi connectivity index (χ3v) is 11.6. The summed E-state index contributed by atoms with van der Waals surface area (Å²) in [5, 5.41) is 17.1. The van der Waals surface area contributed by atoms with E-state index in [2.05, 4.69) is 12.0 Å². The molecule has 5 nitrogen and oxygen atoms in total. The van der Waals surface area contributed by atoms with Gasteiger partial charge in [0.25, 0.3) is 0 Å². The Morgan fingerprint density at radius 2 is 1.97 bits per heavy atom. The Kier molecular flexibility index (Phi) is 6.09. The lowest BCUT2D eigenvalue weighted by molar-refractivity contribution is -0.175. The Hall–Kier alpha value is -1.43. The molecule has 1 aromatic carbocycles. The fraction of sp³-hybridized carbons (Fsp3) is 0.733. The van der Waals surface area contributed by atoms with Gasteiger partial charge >= 0.3 is 0 Å². The first-order valence-corrected chi connectivity index (χ1v) is 14.4. The van der Waals surface area contributed by atoms with Crippen LogP contribution in [0.3, 0.4) is 0 Å². The molecule has 2 aromatic rings. The zero-order valence-corrected chi connectivity index (χ0v) is 22.8. The smallest absolute Gasteiger partial charge is 0.157 e. The van der Waals surface area contributed by atoms with Crippen LogP contribution in [0, 0.1) is 40.4 Å². The topological polar surface area (TPSA) is 64.3 Å². The summed E-state index contributed by atoms with van der Waals surface area (Å²) in [6.07, 6.45) is 11.6. The molecule has 36 heavy (non-hydrogen) atoms. The van der Waals surface area contributed by atoms with E-state index in [1.807, 2.05) is 43.1 Å². The number of ketones is 1. The number of ether oxygens (including phenoxy) is 1. The van der Waals surface area contributed by atoms with E-state index in [-0.39, 0.29) is 16.7 Å². The molecule has 0 aliphatic heterocycles. The minimum Gasteiger partial charge on any atom is -0.390 e. The molecular formula is C30H41ClN2O3. The van der Waals surface area contributed by atoms with Gasteiger partial charge in [0.05, 0.1) is 23.9 Å². The normalized spacial score (nSPS) is 42.1. The quantitative estimate of drug-likeness (QED) is 0.511. The second-order valence-electron chi connectivity index (χ2n) is 13.2. The Morgan fingerprint density at radius 1 is 1.14 bits per heavy atom. The Balaban J connectivity index is 1.23. The highest BCUT2D eigenvalue weighted by Gasteiger charge is 2.63. The Labute approximate surface area is 219 Å². The third-order valence-electron chi connectivity index (χ3n) is 11.4. The zero-order chi connectivity index (χ0) is 25.3. The number of rotatable bonds is 5. The molecular weight excluding hydrogens is 472 g/mol. The molecule has 0 saturated heterocycles. The fourth-order valence-corrected chi connectivity index (χ4v) is 9.93. The molecule has 0 spiro atoms. The summed E-state index contributed by atoms with van der Waals surface area (Å²) >= 11 is 6.15. The molecule has 1 heterocycles. The minimum absolute atomic E-state index is 0.0752. The number of carbonyl (C=O) groups is 1. The maximum Gasteiger partial charge on any atom is 0.157 e. The molecule has 6 heteroatoms. The molecule has 4 fully saturated rings. The summed E-state index contributed by atoms with van der Waals surface area (Å²) < 4.78 is 7.77. The molecule has 0 unspecified atom stereocenters. The van der Waals surface area contributed by atoms with Crippen LogP contribution < -0.4 is 0 Å². The van der Waals surface area contributed by atoms with Crippen LogP contribution in [0.5, 0.6) is 0 Å². The van der Waals surface area contributed by atoms with Crippen molar-refractivity contribution in [2.75, 3.05) is 13.7 Å². The van der Waals surface area contributed by atoms with Gasteiger partial charge in [-0.05, 0) is 117 Å². The van der Waals surface area contributed by atoms with Crippen LogP contribution >= 0.6 is 11.6 Å². The Bertz CT molecular complexity index is 1160. The standard InChI is InChI=1S/C30H41ClN2O3/c1-28(35)12-13-30(18-36-3)20(15-28)4-6-22-23-7-8-25(29(23,2)11-10-24(22)30)27(34)17-33-26-9-5-21(31)14-19(26)16-32-33/h5,9,14,16,20,22-25,35H,4,6-8,10-13,15,17-18H2,1-3H3/t20-,22-,23-,24-,25+,28+,29-,30+/m0/s1. The number of hydrogen-bond donors (Lipinski definition) is 1. The van der Waals surface area contributed by atoms with Crippen molar-refractivity contribution in [2.24, 2.45) is 40.4 Å². The lowest BCUT2D eigenvalue weighted by Crippen LogP contribution is -2.58. The van der Waals surface area contributed by atoms with E-state index in [1.54, 1.807) is 0 Å². The molecule has 1 aromatic heterocycles. The number of benzene rings is 1. The van der Waals surface area contributed by atoms with Crippen molar-refractivity contribution in [2.45, 2.75) is 83.8 Å². The number of Topliss-reactive ketones (excluding diaryl/α,β-unsaturated/α-hetero) is 1. The summed E-state index contributed by atoms with van der Waals surface area (Å²) in [7, 11) is 1.85. The van der Waals surface area contributed by atoms with E-state index in [4.69, 9.17) is 16.3 Å². The highest BCUT2D eigenvalue weighted by Crippen LogP contribution is 2.68. The van der Waals surface area contributed by atoms with Crippen molar-refractivity contribution in [3.05, 3.63) is 29.4 Å². The average molecular weight is 513 g/mol. The summed E-state index contributed by atoms with van der Waals surface area (Å²) in [5.74, 6) is 2.93. The van der Waals surface area contributed by atoms with Gasteiger partial charge in [-0.1, -0.05) is 18.5 Å². The average Bonchev–Trinajstić information content (AvgIpc) is 3.39. The van der Waals surface area contributed by atoms with Crippen LogP contribution in [-0.2, 0) is 16.1 Å². The molecule has 0 radical (unpaired) electrons. The largest absolute Gasteiger partial charge is 0.390 e. The van der Waals surface area contributed by atoms with Gasteiger partial charge in [0, 0.05) is 23.4 Å². The number of hydrogen-bond acceptors (Lipinski definition) is 4. The van der Waals surface area contributed by atoms with Crippen LogP contribution in [0.4, 0.5) is 0 Å². The van der Waals surface area contributed by atoms with E-state index in [0.717, 1.165) is 56.0 Å². The van der Waals surface area contributed by atoms with Crippen molar-refractivity contribution in [1.82, 2.24) is 9.78 Å². The fourth-order valence-electron chi connectivity index (χ4n) is 9.75. The molecule has 6 rings (SSSR count). The van der Waals surface area contributed by atoms with Crippen molar-refractivity contribution >= 4 is 28.3 Å². The van der Waals surface area contributed by atoms with Crippen LogP contribution in [0.1, 0.15) is 71.6 Å². The van der Waals surface area contributed by atoms with E-state index in [0.29, 0.717) is 41.0 Å². The van der Waals surface area contributed by atoms with Gasteiger partial charge in [0.2, 0.25) is 0 Å². The van der Waals surface area contributed by atoms with E-state index in [9.17, 15) is 9.90 Å². The van der Waals surface area contributed by atoms with Gasteiger partial charge in [0.15, 0.2) is 5.78 Å². The summed E-state index contributed by atoms with van der Waals surface area (Å²) in [6, 6.07) is 5.75. The third kappa shape index (κ3) is 3.79. The van der Waals surface area contributed by atoms with Crippen LogP contribution in [-0.4, -0.2) is 40.0 Å². The number of carbonyl (C=O) groups excluding carboxylic acids is 1. The zero-order valence-electron chi connectivity index (χ0n) is 22.0. The number of aliphatic hydroxyl groups is 1. The molecule has 1 N–H and O–H groups in total. The molecule has 4 saturated carbocycles. The van der Waals surface area contributed by atoms with E-state index < -0.39 is 5.60 Å². The first-order valence-electron chi connectivity index (χ1n) is 14.0. The van der Waals surface area contributed by atoms with Gasteiger partial charge in [-0.25, -0.2) is 0 Å². The van der Waals surface area contributed by atoms with Crippen LogP contribution in [0.25, 0.3) is 10.9 Å². The molecule has 196 valence electrons.